The Morgan fingerprint density at radius 3 is 2.32 bits per heavy atom. The van der Waals surface area contributed by atoms with Crippen molar-refractivity contribution in [3.05, 3.63) is 95.7 Å². The Morgan fingerprint density at radius 2 is 1.64 bits per heavy atom. The molecule has 1 heterocycles. The normalized spacial score (nSPS) is 11.5. The summed E-state index contributed by atoms with van der Waals surface area (Å²) in [5, 5.41) is 2.89. The molecule has 1 unspecified atom stereocenters. The van der Waals surface area contributed by atoms with Gasteiger partial charge in [-0.25, -0.2) is 4.98 Å². The molecule has 0 aliphatic rings. The van der Waals surface area contributed by atoms with Gasteiger partial charge in [-0.3, -0.25) is 9.59 Å². The molecular weight excluding hydrogens is 352 g/mol. The fourth-order valence-electron chi connectivity index (χ4n) is 2.98. The summed E-state index contributed by atoms with van der Waals surface area (Å²) in [5.74, 6) is 0.0520. The first kappa shape index (κ1) is 19.3. The number of hydrogen-bond donors (Lipinski definition) is 1. The van der Waals surface area contributed by atoms with Crippen molar-refractivity contribution < 1.29 is 14.3 Å². The van der Waals surface area contributed by atoms with Crippen molar-refractivity contribution in [2.45, 2.75) is 18.9 Å². The van der Waals surface area contributed by atoms with Crippen molar-refractivity contribution in [2.24, 2.45) is 0 Å². The van der Waals surface area contributed by atoms with Crippen LogP contribution in [0.25, 0.3) is 0 Å². The van der Waals surface area contributed by atoms with Crippen molar-refractivity contribution in [1.29, 1.82) is 0 Å². The number of ketones is 1. The number of pyridine rings is 1. The number of nitrogens with one attached hydrogen (secondary N) is 1. The first-order chi connectivity index (χ1) is 13.7. The van der Waals surface area contributed by atoms with E-state index in [4.69, 9.17) is 4.74 Å². The minimum absolute atomic E-state index is 0.0977. The van der Waals surface area contributed by atoms with Gasteiger partial charge in [-0.05, 0) is 30.2 Å². The quantitative estimate of drug-likeness (QED) is 0.657. The van der Waals surface area contributed by atoms with Gasteiger partial charge in [-0.1, -0.05) is 54.6 Å². The van der Waals surface area contributed by atoms with E-state index in [1.165, 1.54) is 7.11 Å². The van der Waals surface area contributed by atoms with E-state index in [1.54, 1.807) is 36.5 Å². The van der Waals surface area contributed by atoms with Crippen LogP contribution in [0.15, 0.2) is 79.0 Å². The van der Waals surface area contributed by atoms with E-state index < -0.39 is 6.04 Å². The fourth-order valence-corrected chi connectivity index (χ4v) is 2.98. The molecule has 2 aromatic carbocycles. The van der Waals surface area contributed by atoms with Crippen LogP contribution in [-0.4, -0.2) is 29.8 Å². The smallest absolute Gasteiger partial charge is 0.251 e. The van der Waals surface area contributed by atoms with Crippen LogP contribution in [0.4, 0.5) is 0 Å². The topological polar surface area (TPSA) is 68.3 Å². The molecule has 1 atom stereocenters. The summed E-state index contributed by atoms with van der Waals surface area (Å²) in [6, 6.07) is 21.4. The lowest BCUT2D eigenvalue weighted by Gasteiger charge is -2.18. The predicted molar refractivity (Wildman–Crippen MR) is 107 cm³/mol. The minimum Gasteiger partial charge on any atom is -0.481 e. The number of ether oxygens (including phenoxy) is 1. The van der Waals surface area contributed by atoms with Crippen molar-refractivity contribution in [3.8, 4) is 5.88 Å². The zero-order chi connectivity index (χ0) is 19.8. The van der Waals surface area contributed by atoms with Crippen LogP contribution in [-0.2, 0) is 17.6 Å². The van der Waals surface area contributed by atoms with Gasteiger partial charge in [0.25, 0.3) is 5.91 Å². The monoisotopic (exact) mass is 374 g/mol. The van der Waals surface area contributed by atoms with E-state index >= 15 is 0 Å². The second-order valence-corrected chi connectivity index (χ2v) is 6.40. The Balaban J connectivity index is 1.80. The molecule has 5 heteroatoms. The summed E-state index contributed by atoms with van der Waals surface area (Å²) in [5.41, 5.74) is 2.20. The highest BCUT2D eigenvalue weighted by Crippen LogP contribution is 2.16. The lowest BCUT2D eigenvalue weighted by atomic mass is 9.97. The van der Waals surface area contributed by atoms with Crippen molar-refractivity contribution in [1.82, 2.24) is 10.3 Å². The van der Waals surface area contributed by atoms with Crippen LogP contribution in [0.5, 0.6) is 5.88 Å². The van der Waals surface area contributed by atoms with Crippen LogP contribution >= 0.6 is 0 Å². The molecular formula is C23H22N2O3. The molecule has 28 heavy (non-hydrogen) atoms. The average molecular weight is 374 g/mol. The molecule has 0 saturated carbocycles. The Kier molecular flexibility index (Phi) is 6.52. The van der Waals surface area contributed by atoms with Crippen LogP contribution in [0.1, 0.15) is 21.5 Å². The molecule has 1 aromatic heterocycles. The molecule has 0 fully saturated rings. The second kappa shape index (κ2) is 9.46. The number of rotatable bonds is 8. The number of carbonyl (C=O) groups excluding carboxylic acids is 2. The highest BCUT2D eigenvalue weighted by Gasteiger charge is 2.23. The molecule has 0 radical (unpaired) electrons. The first-order valence-electron chi connectivity index (χ1n) is 9.08. The maximum Gasteiger partial charge on any atom is 0.251 e. The Hall–Kier alpha value is -3.47. The van der Waals surface area contributed by atoms with Gasteiger partial charge in [0.15, 0.2) is 5.78 Å². The van der Waals surface area contributed by atoms with Crippen LogP contribution in [0, 0.1) is 0 Å². The van der Waals surface area contributed by atoms with Gasteiger partial charge in [0.1, 0.15) is 0 Å². The summed E-state index contributed by atoms with van der Waals surface area (Å²) in [6.45, 7) is 0. The molecule has 0 saturated heterocycles. The van der Waals surface area contributed by atoms with Gasteiger partial charge in [0.2, 0.25) is 5.88 Å². The maximum atomic E-state index is 13.1. The van der Waals surface area contributed by atoms with E-state index in [0.29, 0.717) is 23.4 Å². The van der Waals surface area contributed by atoms with Gasteiger partial charge in [0, 0.05) is 23.7 Å². The third-order valence-electron chi connectivity index (χ3n) is 4.42. The number of nitrogens with zero attached hydrogens (tertiary/aromatic N) is 1. The number of Topliss-reactive ketones (excluding diaryl/α,β-unsaturated/α-hetero) is 1. The third kappa shape index (κ3) is 5.04. The van der Waals surface area contributed by atoms with Crippen LogP contribution in [0.2, 0.25) is 0 Å². The molecule has 1 N–H and O–H groups in total. The van der Waals surface area contributed by atoms with Gasteiger partial charge in [-0.15, -0.1) is 0 Å². The number of aromatic nitrogens is 1. The molecule has 0 bridgehead atoms. The number of carbonyl (C=O) groups is 2. The highest BCUT2D eigenvalue weighted by molar-refractivity contribution is 5.98. The largest absolute Gasteiger partial charge is 0.481 e. The maximum absolute atomic E-state index is 13.1. The van der Waals surface area contributed by atoms with Crippen molar-refractivity contribution >= 4 is 11.7 Å². The molecule has 3 rings (SSSR count). The van der Waals surface area contributed by atoms with Gasteiger partial charge in [-0.2, -0.15) is 0 Å². The third-order valence-corrected chi connectivity index (χ3v) is 4.42. The molecule has 0 aliphatic heterocycles. The minimum atomic E-state index is -0.653. The highest BCUT2D eigenvalue weighted by atomic mass is 16.5. The Labute approximate surface area is 164 Å². The summed E-state index contributed by atoms with van der Waals surface area (Å²) in [6.07, 6.45) is 2.16. The number of methoxy groups -OCH3 is 1. The van der Waals surface area contributed by atoms with Crippen molar-refractivity contribution in [2.75, 3.05) is 7.11 Å². The first-order valence-corrected chi connectivity index (χ1v) is 9.08. The predicted octanol–water partition coefficient (Wildman–Crippen LogP) is 3.24. The zero-order valence-corrected chi connectivity index (χ0v) is 15.7. The molecule has 0 spiro atoms. The van der Waals surface area contributed by atoms with E-state index in [9.17, 15) is 9.59 Å². The fraction of sp³-hybridized carbons (Fsp3) is 0.174. The Morgan fingerprint density at radius 1 is 0.964 bits per heavy atom. The molecule has 5 nitrogen and oxygen atoms in total. The summed E-state index contributed by atoms with van der Waals surface area (Å²) in [7, 11) is 1.52. The second-order valence-electron chi connectivity index (χ2n) is 6.40. The van der Waals surface area contributed by atoms with Crippen LogP contribution < -0.4 is 10.1 Å². The van der Waals surface area contributed by atoms with E-state index in [1.807, 2.05) is 42.5 Å². The van der Waals surface area contributed by atoms with Crippen LogP contribution in [0.3, 0.4) is 0 Å². The Bertz CT molecular complexity index is 927. The molecule has 3 aromatic rings. The average Bonchev–Trinajstić information content (AvgIpc) is 2.75. The van der Waals surface area contributed by atoms with E-state index in [-0.39, 0.29) is 18.1 Å². The van der Waals surface area contributed by atoms with Gasteiger partial charge in [0.05, 0.1) is 13.2 Å². The number of amides is 1. The molecule has 0 aliphatic carbocycles. The SMILES string of the molecule is COc1ncccc1CC(=O)C(Cc1ccccc1)NC(=O)c1ccccc1. The molecule has 1 amide bonds. The summed E-state index contributed by atoms with van der Waals surface area (Å²) < 4.78 is 5.24. The van der Waals surface area contributed by atoms with E-state index in [0.717, 1.165) is 5.56 Å². The van der Waals surface area contributed by atoms with Gasteiger partial charge < -0.3 is 10.1 Å². The number of hydrogen-bond acceptors (Lipinski definition) is 4. The number of benzene rings is 2. The lowest BCUT2D eigenvalue weighted by molar-refractivity contribution is -0.120. The molecule has 142 valence electrons. The summed E-state index contributed by atoms with van der Waals surface area (Å²) >= 11 is 0. The standard InChI is InChI=1S/C23H22N2O3/c1-28-23-19(13-8-14-24-23)16-21(26)20(15-17-9-4-2-5-10-17)25-22(27)18-11-6-3-7-12-18/h2-14,20H,15-16H2,1H3,(H,25,27). The van der Waals surface area contributed by atoms with E-state index in [2.05, 4.69) is 10.3 Å². The summed E-state index contributed by atoms with van der Waals surface area (Å²) in [4.78, 5) is 29.8. The van der Waals surface area contributed by atoms with Gasteiger partial charge >= 0.3 is 0 Å². The zero-order valence-electron chi connectivity index (χ0n) is 15.7. The van der Waals surface area contributed by atoms with Crippen molar-refractivity contribution in [3.63, 3.8) is 0 Å². The lowest BCUT2D eigenvalue weighted by Crippen LogP contribution is -2.43.